The highest BCUT2D eigenvalue weighted by Crippen LogP contribution is 2.61. The quantitative estimate of drug-likeness (QED) is 0.593. The normalized spacial score (nSPS) is 21.5. The lowest BCUT2D eigenvalue weighted by molar-refractivity contribution is -0.251. The molecule has 0 spiro atoms. The van der Waals surface area contributed by atoms with Crippen LogP contribution in [0.1, 0.15) is 32.8 Å². The van der Waals surface area contributed by atoms with Crippen LogP contribution in [-0.2, 0) is 15.6 Å². The standard InChI is InChI=1S/C17H26NO3P/c1-5-16(6-2)18(12-15-10-8-7-9-11-15)22(19)20-13-17(3,4)14-21-22/h5,7-11,16H,1,6,12-14H2,2-4H3. The lowest BCUT2D eigenvalue weighted by Crippen LogP contribution is -2.45. The van der Waals surface area contributed by atoms with Crippen LogP contribution in [-0.4, -0.2) is 23.9 Å². The first-order valence-corrected chi connectivity index (χ1v) is 9.22. The molecule has 1 fully saturated rings. The molecule has 1 aliphatic heterocycles. The molecule has 1 aromatic carbocycles. The van der Waals surface area contributed by atoms with Crippen molar-refractivity contribution in [2.24, 2.45) is 5.41 Å². The van der Waals surface area contributed by atoms with E-state index in [9.17, 15) is 4.89 Å². The van der Waals surface area contributed by atoms with Crippen molar-refractivity contribution >= 4 is 8.09 Å². The average molecular weight is 323 g/mol. The predicted molar refractivity (Wildman–Crippen MR) is 88.9 cm³/mol. The maximum Gasteiger partial charge on any atom is 0.315 e. The van der Waals surface area contributed by atoms with E-state index in [-0.39, 0.29) is 11.5 Å². The second-order valence-electron chi connectivity index (χ2n) is 6.47. The summed E-state index contributed by atoms with van der Waals surface area (Å²) >= 11 is 0. The zero-order chi connectivity index (χ0) is 16.2. The number of rotatable bonds is 6. The smallest absolute Gasteiger partial charge is 0.315 e. The van der Waals surface area contributed by atoms with E-state index in [0.717, 1.165) is 12.0 Å². The van der Waals surface area contributed by atoms with Crippen molar-refractivity contribution in [3.05, 3.63) is 48.6 Å². The topological polar surface area (TPSA) is 44.8 Å². The molecule has 1 unspecified atom stereocenters. The van der Waals surface area contributed by atoms with E-state index in [0.29, 0.717) is 19.8 Å². The second-order valence-corrected chi connectivity index (χ2v) is 8.44. The van der Waals surface area contributed by atoms with Crippen LogP contribution >= 0.6 is 8.09 Å². The van der Waals surface area contributed by atoms with Crippen LogP contribution in [0.4, 0.5) is 0 Å². The number of benzene rings is 1. The van der Waals surface area contributed by atoms with E-state index in [4.69, 9.17) is 9.05 Å². The van der Waals surface area contributed by atoms with Crippen LogP contribution in [0.2, 0.25) is 0 Å². The van der Waals surface area contributed by atoms with Gasteiger partial charge in [-0.1, -0.05) is 57.2 Å². The van der Waals surface area contributed by atoms with E-state index >= 15 is 0 Å². The fourth-order valence-corrected chi connectivity index (χ4v) is 4.75. The third-order valence-corrected chi connectivity index (χ3v) is 5.79. The van der Waals surface area contributed by atoms with E-state index in [1.807, 2.05) is 61.8 Å². The van der Waals surface area contributed by atoms with Gasteiger partial charge in [0.1, 0.15) is 13.2 Å². The molecule has 0 bridgehead atoms. The van der Waals surface area contributed by atoms with Gasteiger partial charge in [0.2, 0.25) is 0 Å². The lowest BCUT2D eigenvalue weighted by atomic mass is 9.97. The molecular formula is C17H26NO3P. The predicted octanol–water partition coefficient (Wildman–Crippen LogP) is 3.56. The molecule has 2 rings (SSSR count). The number of nitrogens with zero attached hydrogens (tertiary/aromatic N) is 1. The number of hydrogen-bond acceptors (Lipinski definition) is 4. The molecule has 1 aromatic rings. The van der Waals surface area contributed by atoms with Crippen LogP contribution in [0, 0.1) is 5.41 Å². The van der Waals surface area contributed by atoms with Gasteiger partial charge < -0.3 is 4.89 Å². The molecule has 1 heterocycles. The summed E-state index contributed by atoms with van der Waals surface area (Å²) in [6.45, 7) is 11.4. The van der Waals surface area contributed by atoms with Gasteiger partial charge >= 0.3 is 8.09 Å². The molecule has 0 N–H and O–H groups in total. The van der Waals surface area contributed by atoms with Crippen LogP contribution < -0.4 is 4.89 Å². The third kappa shape index (κ3) is 4.15. The maximum absolute atomic E-state index is 13.2. The molecule has 22 heavy (non-hydrogen) atoms. The Kier molecular flexibility index (Phi) is 5.76. The molecule has 122 valence electrons. The van der Waals surface area contributed by atoms with Crippen molar-refractivity contribution in [2.75, 3.05) is 13.2 Å². The van der Waals surface area contributed by atoms with Gasteiger partial charge in [-0.25, -0.2) is 0 Å². The zero-order valence-electron chi connectivity index (χ0n) is 13.7. The van der Waals surface area contributed by atoms with E-state index in [1.165, 1.54) is 0 Å². The highest BCUT2D eigenvalue weighted by molar-refractivity contribution is 7.56. The summed E-state index contributed by atoms with van der Waals surface area (Å²) in [7, 11) is -3.30. The van der Waals surface area contributed by atoms with Crippen molar-refractivity contribution in [2.45, 2.75) is 39.8 Å². The molecule has 1 atom stereocenters. The van der Waals surface area contributed by atoms with Gasteiger partial charge in [0.05, 0.1) is 12.6 Å². The van der Waals surface area contributed by atoms with E-state index < -0.39 is 8.09 Å². The molecule has 0 saturated carbocycles. The Bertz CT molecular complexity index is 482. The Morgan fingerprint density at radius 3 is 2.41 bits per heavy atom. The summed E-state index contributed by atoms with van der Waals surface area (Å²) in [5.41, 5.74) is 0.970. The minimum Gasteiger partial charge on any atom is -0.616 e. The minimum absolute atomic E-state index is 0.0488. The lowest BCUT2D eigenvalue weighted by Gasteiger charge is -2.44. The van der Waals surface area contributed by atoms with Crippen LogP contribution in [0.5, 0.6) is 0 Å². The first-order chi connectivity index (χ1) is 10.4. The highest BCUT2D eigenvalue weighted by Gasteiger charge is 2.48. The monoisotopic (exact) mass is 323 g/mol. The first kappa shape index (κ1) is 17.6. The van der Waals surface area contributed by atoms with Crippen LogP contribution in [0.3, 0.4) is 0 Å². The van der Waals surface area contributed by atoms with Gasteiger partial charge in [-0.3, -0.25) is 0 Å². The molecule has 5 heteroatoms. The Hall–Kier alpha value is -0.770. The summed E-state index contributed by atoms with van der Waals surface area (Å²) in [6.07, 6.45) is 2.62. The van der Waals surface area contributed by atoms with Gasteiger partial charge in [0.15, 0.2) is 0 Å². The third-order valence-electron chi connectivity index (χ3n) is 3.81. The van der Waals surface area contributed by atoms with E-state index in [1.54, 1.807) is 0 Å². The SMILES string of the molecule is C=CC(CC)N(Cc1ccccc1)[P+]1([O-])OCC(C)(C)CO1. The van der Waals surface area contributed by atoms with Gasteiger partial charge in [-0.15, -0.1) is 11.2 Å². The van der Waals surface area contributed by atoms with Crippen molar-refractivity contribution in [3.8, 4) is 0 Å². The Morgan fingerprint density at radius 2 is 1.91 bits per heavy atom. The zero-order valence-corrected chi connectivity index (χ0v) is 14.6. The fourth-order valence-electron chi connectivity index (χ4n) is 2.39. The Labute approximate surface area is 134 Å². The summed E-state index contributed by atoms with van der Waals surface area (Å²) in [4.78, 5) is 13.2. The van der Waals surface area contributed by atoms with E-state index in [2.05, 4.69) is 6.58 Å². The molecule has 0 aliphatic carbocycles. The van der Waals surface area contributed by atoms with Crippen LogP contribution in [0.15, 0.2) is 43.0 Å². The fraction of sp³-hybridized carbons (Fsp3) is 0.529. The molecule has 4 nitrogen and oxygen atoms in total. The first-order valence-electron chi connectivity index (χ1n) is 7.73. The number of hydrogen-bond donors (Lipinski definition) is 0. The molecular weight excluding hydrogens is 297 g/mol. The molecule has 0 radical (unpaired) electrons. The van der Waals surface area contributed by atoms with Gasteiger partial charge in [0, 0.05) is 5.41 Å². The highest BCUT2D eigenvalue weighted by atomic mass is 31.2. The van der Waals surface area contributed by atoms with Gasteiger partial charge in [-0.2, -0.15) is 9.05 Å². The summed E-state index contributed by atoms with van der Waals surface area (Å²) < 4.78 is 13.2. The Morgan fingerprint density at radius 1 is 1.32 bits per heavy atom. The van der Waals surface area contributed by atoms with Crippen molar-refractivity contribution < 1.29 is 13.9 Å². The second kappa shape index (κ2) is 7.20. The van der Waals surface area contributed by atoms with Gasteiger partial charge in [-0.05, 0) is 12.0 Å². The Balaban J connectivity index is 2.22. The van der Waals surface area contributed by atoms with Crippen LogP contribution in [0.25, 0.3) is 0 Å². The van der Waals surface area contributed by atoms with Crippen molar-refractivity contribution in [1.29, 1.82) is 0 Å². The molecule has 0 amide bonds. The average Bonchev–Trinajstić information content (AvgIpc) is 2.52. The summed E-state index contributed by atoms with van der Waals surface area (Å²) in [6, 6.07) is 9.91. The minimum atomic E-state index is -3.30. The van der Waals surface area contributed by atoms with Crippen molar-refractivity contribution in [3.63, 3.8) is 0 Å². The van der Waals surface area contributed by atoms with Gasteiger partial charge in [0.25, 0.3) is 0 Å². The maximum atomic E-state index is 13.2. The molecule has 1 saturated heterocycles. The largest absolute Gasteiger partial charge is 0.616 e. The summed E-state index contributed by atoms with van der Waals surface area (Å²) in [5.74, 6) is 0. The molecule has 1 aliphatic rings. The van der Waals surface area contributed by atoms with Crippen molar-refractivity contribution in [1.82, 2.24) is 4.67 Å². The summed E-state index contributed by atoms with van der Waals surface area (Å²) in [5, 5.41) is 0. The molecule has 0 aromatic heterocycles.